The van der Waals surface area contributed by atoms with Gasteiger partial charge in [0.15, 0.2) is 5.69 Å². The molecule has 25 heavy (non-hydrogen) atoms. The number of carbonyl (C=O) groups excluding carboxylic acids is 1. The number of carboxylic acid groups (broad SMARTS) is 1. The molecular weight excluding hydrogens is 331 g/mol. The van der Waals surface area contributed by atoms with Gasteiger partial charge in [-0.1, -0.05) is 5.21 Å². The molecule has 3 rings (SSSR count). The van der Waals surface area contributed by atoms with Crippen molar-refractivity contribution in [2.24, 2.45) is 0 Å². The number of hydrogen-bond donors (Lipinski definition) is 1. The van der Waals surface area contributed by atoms with Gasteiger partial charge in [-0.05, 0) is 37.1 Å². The highest BCUT2D eigenvalue weighted by atomic mass is 19.1. The van der Waals surface area contributed by atoms with Crippen LogP contribution in [0.25, 0.3) is 0 Å². The summed E-state index contributed by atoms with van der Waals surface area (Å²) in [7, 11) is 0. The Bertz CT molecular complexity index is 762. The van der Waals surface area contributed by atoms with Crippen LogP contribution in [0.3, 0.4) is 0 Å². The van der Waals surface area contributed by atoms with E-state index in [-0.39, 0.29) is 30.0 Å². The van der Waals surface area contributed by atoms with Gasteiger partial charge >= 0.3 is 5.97 Å². The molecule has 0 bridgehead atoms. The number of carbonyl (C=O) groups is 2. The van der Waals surface area contributed by atoms with Crippen molar-refractivity contribution in [3.05, 3.63) is 42.0 Å². The molecule has 1 aliphatic rings. The first-order chi connectivity index (χ1) is 12.0. The molecule has 0 radical (unpaired) electrons. The Morgan fingerprint density at radius 3 is 2.80 bits per heavy atom. The predicted octanol–water partition coefficient (Wildman–Crippen LogP) is 1.19. The molecule has 1 amide bonds. The molecule has 1 aliphatic heterocycles. The Balaban J connectivity index is 1.62. The molecule has 0 saturated carbocycles. The van der Waals surface area contributed by atoms with Gasteiger partial charge in [-0.25, -0.2) is 9.07 Å². The van der Waals surface area contributed by atoms with Gasteiger partial charge in [0.2, 0.25) is 0 Å². The number of ether oxygens (including phenoxy) is 1. The maximum absolute atomic E-state index is 12.9. The van der Waals surface area contributed by atoms with Gasteiger partial charge in [-0.3, -0.25) is 9.59 Å². The van der Waals surface area contributed by atoms with Crippen LogP contribution in [0.2, 0.25) is 0 Å². The molecule has 9 heteroatoms. The number of hydrogen-bond acceptors (Lipinski definition) is 5. The zero-order valence-electron chi connectivity index (χ0n) is 13.3. The molecule has 2 heterocycles. The minimum Gasteiger partial charge on any atom is -0.491 e. The van der Waals surface area contributed by atoms with E-state index >= 15 is 0 Å². The summed E-state index contributed by atoms with van der Waals surface area (Å²) >= 11 is 0. The number of aromatic nitrogens is 3. The van der Waals surface area contributed by atoms with Crippen molar-refractivity contribution in [3.63, 3.8) is 0 Å². The highest BCUT2D eigenvalue weighted by Crippen LogP contribution is 2.21. The number of carboxylic acids is 1. The number of benzene rings is 1. The average molecular weight is 348 g/mol. The molecular formula is C16H17FN4O4. The van der Waals surface area contributed by atoms with Gasteiger partial charge in [0, 0.05) is 6.54 Å². The van der Waals surface area contributed by atoms with E-state index in [9.17, 15) is 14.0 Å². The highest BCUT2D eigenvalue weighted by molar-refractivity contribution is 5.92. The fourth-order valence-corrected chi connectivity index (χ4v) is 2.76. The van der Waals surface area contributed by atoms with E-state index in [2.05, 4.69) is 10.3 Å². The monoisotopic (exact) mass is 348 g/mol. The van der Waals surface area contributed by atoms with Crippen LogP contribution in [0.1, 0.15) is 23.3 Å². The van der Waals surface area contributed by atoms with Crippen molar-refractivity contribution in [1.82, 2.24) is 19.9 Å². The normalized spacial score (nSPS) is 16.8. The number of likely N-dealkylation sites (tertiary alicyclic amines) is 1. The Kier molecular flexibility index (Phi) is 4.92. The summed E-state index contributed by atoms with van der Waals surface area (Å²) in [6.07, 6.45) is 2.95. The average Bonchev–Trinajstić information content (AvgIpc) is 3.22. The second kappa shape index (κ2) is 7.29. The van der Waals surface area contributed by atoms with Crippen LogP contribution in [-0.4, -0.2) is 56.1 Å². The lowest BCUT2D eigenvalue weighted by Crippen LogP contribution is -2.39. The molecule has 1 fully saturated rings. The molecule has 132 valence electrons. The Morgan fingerprint density at radius 2 is 2.08 bits per heavy atom. The molecule has 0 spiro atoms. The lowest BCUT2D eigenvalue weighted by molar-refractivity contribution is -0.137. The first-order valence-electron chi connectivity index (χ1n) is 7.84. The Morgan fingerprint density at radius 1 is 1.32 bits per heavy atom. The lowest BCUT2D eigenvalue weighted by atomic mass is 10.2. The van der Waals surface area contributed by atoms with E-state index in [1.54, 1.807) is 4.90 Å². The molecule has 1 saturated heterocycles. The van der Waals surface area contributed by atoms with E-state index in [1.807, 2.05) is 0 Å². The summed E-state index contributed by atoms with van der Waals surface area (Å²) in [6, 6.07) is 5.57. The van der Waals surface area contributed by atoms with E-state index in [0.29, 0.717) is 18.9 Å². The zero-order valence-corrected chi connectivity index (χ0v) is 13.3. The number of nitrogens with zero attached hydrogens (tertiary/aromatic N) is 4. The number of amides is 1. The van der Waals surface area contributed by atoms with Crippen molar-refractivity contribution < 1.29 is 23.8 Å². The van der Waals surface area contributed by atoms with Crippen LogP contribution in [0.15, 0.2) is 30.5 Å². The standard InChI is InChI=1S/C16H17FN4O4/c17-11-3-5-13(6-4-11)25-10-12-2-1-7-21(12)16(24)14-8-20(19-18-14)9-15(22)23/h3-6,8,12H,1-2,7,9-10H2,(H,22,23)/t12-/m0/s1. The van der Waals surface area contributed by atoms with E-state index in [4.69, 9.17) is 9.84 Å². The quantitative estimate of drug-likeness (QED) is 0.842. The van der Waals surface area contributed by atoms with Crippen molar-refractivity contribution in [1.29, 1.82) is 0 Å². The topological polar surface area (TPSA) is 97.5 Å². The van der Waals surface area contributed by atoms with Crippen LogP contribution < -0.4 is 4.74 Å². The third-order valence-corrected chi connectivity index (χ3v) is 3.95. The molecule has 2 aromatic rings. The molecule has 1 aromatic heterocycles. The summed E-state index contributed by atoms with van der Waals surface area (Å²) in [5.74, 6) is -1.17. The lowest BCUT2D eigenvalue weighted by Gasteiger charge is -2.23. The van der Waals surface area contributed by atoms with Crippen LogP contribution in [0.4, 0.5) is 4.39 Å². The second-order valence-corrected chi connectivity index (χ2v) is 5.75. The first-order valence-corrected chi connectivity index (χ1v) is 7.84. The number of rotatable bonds is 6. The summed E-state index contributed by atoms with van der Waals surface area (Å²) < 4.78 is 19.7. The fourth-order valence-electron chi connectivity index (χ4n) is 2.76. The van der Waals surface area contributed by atoms with Crippen LogP contribution in [0, 0.1) is 5.82 Å². The largest absolute Gasteiger partial charge is 0.491 e. The third kappa shape index (κ3) is 4.11. The number of aliphatic carboxylic acids is 1. The van der Waals surface area contributed by atoms with Crippen LogP contribution >= 0.6 is 0 Å². The third-order valence-electron chi connectivity index (χ3n) is 3.95. The second-order valence-electron chi connectivity index (χ2n) is 5.75. The van der Waals surface area contributed by atoms with Gasteiger partial charge in [0.1, 0.15) is 24.7 Å². The molecule has 1 aromatic carbocycles. The van der Waals surface area contributed by atoms with Gasteiger partial charge < -0.3 is 14.7 Å². The predicted molar refractivity (Wildman–Crippen MR) is 83.6 cm³/mol. The van der Waals surface area contributed by atoms with Gasteiger partial charge in [-0.15, -0.1) is 5.10 Å². The van der Waals surface area contributed by atoms with Gasteiger partial charge in [0.05, 0.1) is 12.2 Å². The number of halogens is 1. The van der Waals surface area contributed by atoms with Crippen molar-refractivity contribution in [3.8, 4) is 5.75 Å². The van der Waals surface area contributed by atoms with Crippen LogP contribution in [-0.2, 0) is 11.3 Å². The van der Waals surface area contributed by atoms with E-state index < -0.39 is 5.97 Å². The highest BCUT2D eigenvalue weighted by Gasteiger charge is 2.31. The van der Waals surface area contributed by atoms with Gasteiger partial charge in [-0.2, -0.15) is 0 Å². The SMILES string of the molecule is O=C(O)Cn1cc(C(=O)N2CCC[C@H]2COc2ccc(F)cc2)nn1. The Labute approximate surface area is 142 Å². The smallest absolute Gasteiger partial charge is 0.325 e. The Hall–Kier alpha value is -2.97. The maximum atomic E-state index is 12.9. The van der Waals surface area contributed by atoms with Crippen molar-refractivity contribution >= 4 is 11.9 Å². The molecule has 0 unspecified atom stereocenters. The van der Waals surface area contributed by atoms with Crippen molar-refractivity contribution in [2.75, 3.05) is 13.2 Å². The zero-order chi connectivity index (χ0) is 17.8. The summed E-state index contributed by atoms with van der Waals surface area (Å²) in [4.78, 5) is 24.9. The summed E-state index contributed by atoms with van der Waals surface area (Å²) in [5.41, 5.74) is 0.106. The minimum absolute atomic E-state index is 0.106. The summed E-state index contributed by atoms with van der Waals surface area (Å²) in [5, 5.41) is 16.1. The molecule has 1 atom stereocenters. The molecule has 8 nitrogen and oxygen atoms in total. The first kappa shape index (κ1) is 16.9. The van der Waals surface area contributed by atoms with E-state index in [1.165, 1.54) is 30.5 Å². The maximum Gasteiger partial charge on any atom is 0.325 e. The molecule has 1 N–H and O–H groups in total. The van der Waals surface area contributed by atoms with Gasteiger partial charge in [0.25, 0.3) is 5.91 Å². The van der Waals surface area contributed by atoms with E-state index in [0.717, 1.165) is 17.5 Å². The summed E-state index contributed by atoms with van der Waals surface area (Å²) in [6.45, 7) is 0.514. The fraction of sp³-hybridized carbons (Fsp3) is 0.375. The van der Waals surface area contributed by atoms with Crippen LogP contribution in [0.5, 0.6) is 5.75 Å². The van der Waals surface area contributed by atoms with Crippen molar-refractivity contribution in [2.45, 2.75) is 25.4 Å². The minimum atomic E-state index is -1.06. The molecule has 0 aliphatic carbocycles.